The fraction of sp³-hybridized carbons (Fsp3) is 0.250. The number of aliphatic carboxylic acids is 1. The molecule has 92 valence electrons. The third-order valence-corrected chi connectivity index (χ3v) is 1.74. The number of carboxylic acids is 1. The average Bonchev–Trinajstić information content (AvgIpc) is 2.14. The number of hydrogen-bond donors (Lipinski definition) is 1. The van der Waals surface area contributed by atoms with Crippen molar-refractivity contribution in [3.8, 4) is 0 Å². The third kappa shape index (κ3) is 3.13. The molecule has 1 heterocycles. The van der Waals surface area contributed by atoms with Crippen molar-refractivity contribution < 1.29 is 28.0 Å². The first-order valence-corrected chi connectivity index (χ1v) is 4.15. The van der Waals surface area contributed by atoms with E-state index in [9.17, 15) is 28.1 Å². The number of aromatic nitrogens is 1. The SMILES string of the molecule is O=C(O)Cc1ccc(C(F)(F)F)c([N+](=O)[O-])n1. The quantitative estimate of drug-likeness (QED) is 0.650. The van der Waals surface area contributed by atoms with Crippen LogP contribution in [0.4, 0.5) is 19.0 Å². The van der Waals surface area contributed by atoms with Crippen LogP contribution in [0.3, 0.4) is 0 Å². The molecule has 0 bridgehead atoms. The van der Waals surface area contributed by atoms with Gasteiger partial charge in [0.25, 0.3) is 0 Å². The third-order valence-electron chi connectivity index (χ3n) is 1.74. The molecular weight excluding hydrogens is 245 g/mol. The Hall–Kier alpha value is -2.19. The summed E-state index contributed by atoms with van der Waals surface area (Å²) >= 11 is 0. The smallest absolute Gasteiger partial charge is 0.424 e. The first-order valence-electron chi connectivity index (χ1n) is 4.15. The largest absolute Gasteiger partial charge is 0.481 e. The van der Waals surface area contributed by atoms with Crippen LogP contribution in [0, 0.1) is 10.1 Å². The molecule has 0 aliphatic heterocycles. The summed E-state index contributed by atoms with van der Waals surface area (Å²) < 4.78 is 37.0. The number of alkyl halides is 3. The molecular formula is C8H5F3N2O4. The van der Waals surface area contributed by atoms with Crippen LogP contribution in [0.5, 0.6) is 0 Å². The highest BCUT2D eigenvalue weighted by Crippen LogP contribution is 2.34. The molecule has 0 aliphatic rings. The lowest BCUT2D eigenvalue weighted by molar-refractivity contribution is -0.392. The van der Waals surface area contributed by atoms with Gasteiger partial charge in [0.05, 0.1) is 0 Å². The molecule has 1 aromatic rings. The monoisotopic (exact) mass is 250 g/mol. The lowest BCUT2D eigenvalue weighted by Crippen LogP contribution is -2.12. The summed E-state index contributed by atoms with van der Waals surface area (Å²) in [5, 5.41) is 18.8. The van der Waals surface area contributed by atoms with E-state index in [0.29, 0.717) is 6.07 Å². The molecule has 0 spiro atoms. The predicted molar refractivity (Wildman–Crippen MR) is 47.2 cm³/mol. The van der Waals surface area contributed by atoms with Crippen LogP contribution in [-0.4, -0.2) is 21.0 Å². The van der Waals surface area contributed by atoms with Crippen molar-refractivity contribution in [3.63, 3.8) is 0 Å². The van der Waals surface area contributed by atoms with Crippen LogP contribution in [0.15, 0.2) is 12.1 Å². The lowest BCUT2D eigenvalue weighted by atomic mass is 10.2. The van der Waals surface area contributed by atoms with E-state index >= 15 is 0 Å². The van der Waals surface area contributed by atoms with Gasteiger partial charge in [-0.25, -0.2) is 0 Å². The Labute approximate surface area is 91.9 Å². The fourth-order valence-electron chi connectivity index (χ4n) is 1.10. The van der Waals surface area contributed by atoms with Crippen LogP contribution in [0.1, 0.15) is 11.3 Å². The zero-order valence-electron chi connectivity index (χ0n) is 8.06. The molecule has 6 nitrogen and oxygen atoms in total. The van der Waals surface area contributed by atoms with Gasteiger partial charge in [0.1, 0.15) is 6.42 Å². The molecule has 0 atom stereocenters. The summed E-state index contributed by atoms with van der Waals surface area (Å²) in [5.41, 5.74) is -1.81. The van der Waals surface area contributed by atoms with Crippen molar-refractivity contribution in [1.82, 2.24) is 4.98 Å². The van der Waals surface area contributed by atoms with Gasteiger partial charge >= 0.3 is 18.0 Å². The maximum absolute atomic E-state index is 12.3. The van der Waals surface area contributed by atoms with E-state index < -0.39 is 34.9 Å². The molecule has 0 fully saturated rings. The van der Waals surface area contributed by atoms with E-state index in [2.05, 4.69) is 4.98 Å². The van der Waals surface area contributed by atoms with Crippen molar-refractivity contribution in [2.75, 3.05) is 0 Å². The number of nitro groups is 1. The molecule has 0 unspecified atom stereocenters. The summed E-state index contributed by atoms with van der Waals surface area (Å²) in [7, 11) is 0. The molecule has 1 N–H and O–H groups in total. The maximum atomic E-state index is 12.3. The molecule has 1 aromatic heterocycles. The minimum Gasteiger partial charge on any atom is -0.481 e. The van der Waals surface area contributed by atoms with Crippen LogP contribution in [0.2, 0.25) is 0 Å². The lowest BCUT2D eigenvalue weighted by Gasteiger charge is -2.06. The van der Waals surface area contributed by atoms with Crippen LogP contribution >= 0.6 is 0 Å². The minimum atomic E-state index is -4.91. The Kier molecular flexibility index (Phi) is 3.30. The fourth-order valence-corrected chi connectivity index (χ4v) is 1.10. The van der Waals surface area contributed by atoms with Crippen LogP contribution in [-0.2, 0) is 17.4 Å². The number of rotatable bonds is 3. The van der Waals surface area contributed by atoms with E-state index in [-0.39, 0.29) is 5.69 Å². The number of nitrogens with zero attached hydrogens (tertiary/aromatic N) is 2. The molecule has 0 saturated carbocycles. The molecule has 0 aromatic carbocycles. The van der Waals surface area contributed by atoms with E-state index in [0.717, 1.165) is 6.07 Å². The van der Waals surface area contributed by atoms with Gasteiger partial charge in [-0.15, -0.1) is 0 Å². The highest BCUT2D eigenvalue weighted by Gasteiger charge is 2.39. The zero-order chi connectivity index (χ0) is 13.2. The first-order chi connectivity index (χ1) is 7.71. The van der Waals surface area contributed by atoms with Gasteiger partial charge in [-0.3, -0.25) is 4.79 Å². The highest BCUT2D eigenvalue weighted by molar-refractivity contribution is 5.69. The molecule has 0 radical (unpaired) electrons. The van der Waals surface area contributed by atoms with E-state index in [4.69, 9.17) is 5.11 Å². The number of carboxylic acid groups (broad SMARTS) is 1. The standard InChI is InChI=1S/C8H5F3N2O4/c9-8(10,11)5-2-1-4(3-6(14)15)12-7(5)13(16)17/h1-2H,3H2,(H,14,15). The van der Waals surface area contributed by atoms with Crippen LogP contribution < -0.4 is 0 Å². The summed E-state index contributed by atoms with van der Waals surface area (Å²) in [5.74, 6) is -2.73. The van der Waals surface area contributed by atoms with E-state index in [1.54, 1.807) is 0 Å². The topological polar surface area (TPSA) is 93.3 Å². The first kappa shape index (κ1) is 12.9. The molecule has 17 heavy (non-hydrogen) atoms. The number of pyridine rings is 1. The van der Waals surface area contributed by atoms with Crippen molar-refractivity contribution in [1.29, 1.82) is 0 Å². The van der Waals surface area contributed by atoms with Crippen molar-refractivity contribution in [2.45, 2.75) is 12.6 Å². The Bertz CT molecular complexity index is 472. The normalized spacial score (nSPS) is 11.2. The number of hydrogen-bond acceptors (Lipinski definition) is 4. The Balaban J connectivity index is 3.27. The van der Waals surface area contributed by atoms with Gasteiger partial charge in [0.2, 0.25) is 0 Å². The van der Waals surface area contributed by atoms with Gasteiger partial charge in [-0.2, -0.15) is 13.2 Å². The Morgan fingerprint density at radius 3 is 2.47 bits per heavy atom. The minimum absolute atomic E-state index is 0.308. The second-order valence-corrected chi connectivity index (χ2v) is 3.00. The predicted octanol–water partition coefficient (Wildman–Crippen LogP) is 1.64. The van der Waals surface area contributed by atoms with Gasteiger partial charge in [-0.1, -0.05) is 0 Å². The molecule has 0 saturated heterocycles. The highest BCUT2D eigenvalue weighted by atomic mass is 19.4. The van der Waals surface area contributed by atoms with Gasteiger partial charge in [0, 0.05) is 0 Å². The number of halogens is 3. The van der Waals surface area contributed by atoms with Gasteiger partial charge < -0.3 is 15.2 Å². The molecule has 0 amide bonds. The summed E-state index contributed by atoms with van der Waals surface area (Å²) in [4.78, 5) is 22.5. The van der Waals surface area contributed by atoms with E-state index in [1.807, 2.05) is 0 Å². The summed E-state index contributed by atoms with van der Waals surface area (Å²) in [6, 6.07) is 1.24. The average molecular weight is 250 g/mol. The summed E-state index contributed by atoms with van der Waals surface area (Å²) in [6.45, 7) is 0. The second-order valence-electron chi connectivity index (χ2n) is 3.00. The van der Waals surface area contributed by atoms with Gasteiger partial charge in [-0.05, 0) is 22.0 Å². The zero-order valence-corrected chi connectivity index (χ0v) is 8.06. The Morgan fingerprint density at radius 2 is 2.06 bits per heavy atom. The van der Waals surface area contributed by atoms with Crippen LogP contribution in [0.25, 0.3) is 0 Å². The number of carbonyl (C=O) groups is 1. The van der Waals surface area contributed by atoms with Gasteiger partial charge in [0.15, 0.2) is 11.3 Å². The molecule has 9 heteroatoms. The Morgan fingerprint density at radius 1 is 1.47 bits per heavy atom. The van der Waals surface area contributed by atoms with Crippen molar-refractivity contribution >= 4 is 11.8 Å². The maximum Gasteiger partial charge on any atom is 0.424 e. The van der Waals surface area contributed by atoms with Crippen molar-refractivity contribution in [2.24, 2.45) is 0 Å². The second kappa shape index (κ2) is 4.36. The van der Waals surface area contributed by atoms with E-state index in [1.165, 1.54) is 0 Å². The molecule has 1 rings (SSSR count). The summed E-state index contributed by atoms with van der Waals surface area (Å²) in [6.07, 6.45) is -5.59. The molecule has 0 aliphatic carbocycles. The van der Waals surface area contributed by atoms with Crippen molar-refractivity contribution in [3.05, 3.63) is 33.5 Å².